The monoisotopic (exact) mass is 717 g/mol. The van der Waals surface area contributed by atoms with Crippen LogP contribution in [-0.4, -0.2) is 158 Å². The quantitative estimate of drug-likeness (QED) is 0.313. The van der Waals surface area contributed by atoms with Crippen LogP contribution in [0.2, 0.25) is 0 Å². The van der Waals surface area contributed by atoms with Crippen molar-refractivity contribution in [3.8, 4) is 0 Å². The van der Waals surface area contributed by atoms with Crippen molar-refractivity contribution in [2.45, 2.75) is 147 Å². The van der Waals surface area contributed by atoms with Gasteiger partial charge in [-0.1, -0.05) is 20.8 Å². The highest BCUT2D eigenvalue weighted by atomic mass is 16.7. The third-order valence-corrected chi connectivity index (χ3v) is 10.9. The first-order valence-corrected chi connectivity index (χ1v) is 18.3. The number of hydrogen-bond donors (Lipinski definition) is 4. The van der Waals surface area contributed by atoms with Crippen molar-refractivity contribution in [3.63, 3.8) is 0 Å². The minimum Gasteiger partial charge on any atom is -0.387 e. The molecule has 0 saturated carbocycles. The zero-order valence-corrected chi connectivity index (χ0v) is 32.3. The molecule has 14 atom stereocenters. The maximum Gasteiger partial charge on any atom is 0.225 e. The molecule has 0 aromatic heterocycles. The fourth-order valence-corrected chi connectivity index (χ4v) is 7.91. The lowest BCUT2D eigenvalue weighted by Gasteiger charge is -2.49. The Balaban J connectivity index is 2.06. The predicted octanol–water partition coefficient (Wildman–Crippen LogP) is 1.52. The first kappa shape index (κ1) is 42.9. The molecule has 3 rings (SSSR count). The summed E-state index contributed by atoms with van der Waals surface area (Å²) in [4.78, 5) is 30.2. The highest BCUT2D eigenvalue weighted by Gasteiger charge is 2.51. The Kier molecular flexibility index (Phi) is 15.9. The van der Waals surface area contributed by atoms with Crippen molar-refractivity contribution < 1.29 is 53.3 Å². The lowest BCUT2D eigenvalue weighted by atomic mass is 9.77. The standard InChI is InChI=1S/C36H67N3O11/c1-21-18-35(6,44)32(50-34-29(41)26(38(8)9)17-22(2)47-34)23(3)30(49-28-19-36(7,45-11)31(42)25(5)48-28)24(4)33(43)37-14-16-46-15-12-13-27(40)39(10)20-21/h21-26,28-32,34,41-42,44H,12-20H2,1-11H3,(H,37,43)/t21-,22-,23+,24-,25+,26+,28+,29-,30+,31+,32-,34+,35-,36-/m1/s1. The number of aliphatic hydroxyl groups excluding tert-OH is 2. The summed E-state index contributed by atoms with van der Waals surface area (Å²) in [5.41, 5.74) is -2.50. The smallest absolute Gasteiger partial charge is 0.225 e. The summed E-state index contributed by atoms with van der Waals surface area (Å²) in [5, 5.41) is 37.7. The van der Waals surface area contributed by atoms with E-state index in [1.807, 2.05) is 39.8 Å². The summed E-state index contributed by atoms with van der Waals surface area (Å²) in [5.74, 6) is -1.88. The minimum atomic E-state index is -1.53. The van der Waals surface area contributed by atoms with E-state index in [1.54, 1.807) is 39.6 Å². The number of methoxy groups -OCH3 is 1. The second kappa shape index (κ2) is 18.5. The molecular formula is C36H67N3O11. The van der Waals surface area contributed by atoms with E-state index in [1.165, 1.54) is 7.11 Å². The summed E-state index contributed by atoms with van der Waals surface area (Å²) in [7, 11) is 7.07. The number of likely N-dealkylation sites (N-methyl/N-ethyl adjacent to an activating group) is 1. The Morgan fingerprint density at radius 2 is 1.68 bits per heavy atom. The fraction of sp³-hybridized carbons (Fsp3) is 0.944. The van der Waals surface area contributed by atoms with E-state index in [9.17, 15) is 24.9 Å². The molecule has 2 amide bonds. The molecule has 14 nitrogen and oxygen atoms in total. The van der Waals surface area contributed by atoms with E-state index in [0.717, 1.165) is 0 Å². The summed E-state index contributed by atoms with van der Waals surface area (Å²) in [6.07, 6.45) is -4.73. The van der Waals surface area contributed by atoms with Crippen LogP contribution in [0.25, 0.3) is 0 Å². The summed E-state index contributed by atoms with van der Waals surface area (Å²) < 4.78 is 37.1. The molecule has 0 spiro atoms. The van der Waals surface area contributed by atoms with Gasteiger partial charge in [-0.2, -0.15) is 0 Å². The SMILES string of the molecule is CO[C@]1(C)C[C@H](O[C@H]2[C@H](C)[C@@H](O[C@@H]3O[C@H](C)C[C@H](N(C)C)[C@H]3O)[C@](C)(O)C[C@@H](C)CN(C)C(=O)CCCOCCNC(=O)[C@@H]2C)O[C@@H](C)[C@@H]1O. The largest absolute Gasteiger partial charge is 0.387 e. The second-order valence-corrected chi connectivity index (χ2v) is 15.8. The molecule has 3 fully saturated rings. The van der Waals surface area contributed by atoms with Crippen molar-refractivity contribution >= 4 is 11.8 Å². The van der Waals surface area contributed by atoms with Gasteiger partial charge in [0, 0.05) is 58.7 Å². The van der Waals surface area contributed by atoms with Crippen LogP contribution in [0.3, 0.4) is 0 Å². The van der Waals surface area contributed by atoms with Crippen LogP contribution < -0.4 is 5.32 Å². The number of nitrogens with one attached hydrogen (secondary N) is 1. The Bertz CT molecular complexity index is 1080. The highest BCUT2D eigenvalue weighted by Crippen LogP contribution is 2.39. The van der Waals surface area contributed by atoms with Crippen LogP contribution in [0.1, 0.15) is 80.6 Å². The number of ether oxygens (including phenoxy) is 6. The maximum atomic E-state index is 13.7. The molecular weight excluding hydrogens is 650 g/mol. The first-order valence-electron chi connectivity index (χ1n) is 18.3. The molecule has 3 heterocycles. The van der Waals surface area contributed by atoms with E-state index in [0.29, 0.717) is 32.4 Å². The molecule has 3 aliphatic heterocycles. The average molecular weight is 718 g/mol. The van der Waals surface area contributed by atoms with Crippen molar-refractivity contribution in [1.82, 2.24) is 15.1 Å². The van der Waals surface area contributed by atoms with Gasteiger partial charge in [-0.15, -0.1) is 0 Å². The van der Waals surface area contributed by atoms with Gasteiger partial charge in [-0.3, -0.25) is 9.59 Å². The Morgan fingerprint density at radius 3 is 2.32 bits per heavy atom. The van der Waals surface area contributed by atoms with Crippen LogP contribution in [0, 0.1) is 17.8 Å². The number of rotatable bonds is 6. The molecule has 292 valence electrons. The van der Waals surface area contributed by atoms with Gasteiger partial charge in [0.25, 0.3) is 0 Å². The predicted molar refractivity (Wildman–Crippen MR) is 186 cm³/mol. The molecule has 0 aromatic carbocycles. The number of hydrogen-bond acceptors (Lipinski definition) is 12. The normalized spacial score (nSPS) is 44.0. The molecule has 0 aliphatic carbocycles. The van der Waals surface area contributed by atoms with E-state index >= 15 is 0 Å². The molecule has 50 heavy (non-hydrogen) atoms. The van der Waals surface area contributed by atoms with E-state index in [4.69, 9.17) is 28.4 Å². The fourth-order valence-electron chi connectivity index (χ4n) is 7.91. The van der Waals surface area contributed by atoms with Gasteiger partial charge < -0.3 is 58.9 Å². The number of carbonyl (C=O) groups is 2. The zero-order chi connectivity index (χ0) is 37.6. The summed E-state index contributed by atoms with van der Waals surface area (Å²) in [6.45, 7) is 14.0. The van der Waals surface area contributed by atoms with Crippen LogP contribution >= 0.6 is 0 Å². The van der Waals surface area contributed by atoms with Crippen LogP contribution in [0.5, 0.6) is 0 Å². The van der Waals surface area contributed by atoms with Crippen molar-refractivity contribution in [2.75, 3.05) is 54.6 Å². The van der Waals surface area contributed by atoms with Gasteiger partial charge in [0.1, 0.15) is 12.2 Å². The second-order valence-electron chi connectivity index (χ2n) is 15.8. The maximum absolute atomic E-state index is 13.7. The molecule has 0 radical (unpaired) electrons. The van der Waals surface area contributed by atoms with E-state index in [2.05, 4.69) is 5.32 Å². The first-order chi connectivity index (χ1) is 23.3. The molecule has 0 bridgehead atoms. The van der Waals surface area contributed by atoms with Gasteiger partial charge in [0.2, 0.25) is 11.8 Å². The Hall–Kier alpha value is -1.46. The van der Waals surface area contributed by atoms with Gasteiger partial charge in [0.15, 0.2) is 12.6 Å². The highest BCUT2D eigenvalue weighted by molar-refractivity contribution is 5.79. The minimum absolute atomic E-state index is 0.0182. The van der Waals surface area contributed by atoms with E-state index in [-0.39, 0.29) is 55.9 Å². The van der Waals surface area contributed by atoms with Crippen molar-refractivity contribution in [1.29, 1.82) is 0 Å². The number of amides is 2. The van der Waals surface area contributed by atoms with Crippen LogP contribution in [0.4, 0.5) is 0 Å². The van der Waals surface area contributed by atoms with E-state index < -0.39 is 66.1 Å². The third kappa shape index (κ3) is 11.0. The summed E-state index contributed by atoms with van der Waals surface area (Å²) in [6, 6.07) is -0.254. The molecule has 0 aromatic rings. The number of aliphatic hydroxyl groups is 3. The van der Waals surface area contributed by atoms with Crippen LogP contribution in [-0.2, 0) is 38.0 Å². The van der Waals surface area contributed by atoms with Gasteiger partial charge >= 0.3 is 0 Å². The molecule has 3 aliphatic rings. The van der Waals surface area contributed by atoms with Crippen molar-refractivity contribution in [2.24, 2.45) is 17.8 Å². The Labute approximate surface area is 299 Å². The molecule has 14 heteroatoms. The third-order valence-electron chi connectivity index (χ3n) is 10.9. The van der Waals surface area contributed by atoms with Gasteiger partial charge in [0.05, 0.1) is 48.1 Å². The molecule has 4 N–H and O–H groups in total. The zero-order valence-electron chi connectivity index (χ0n) is 32.3. The lowest BCUT2D eigenvalue weighted by molar-refractivity contribution is -0.317. The van der Waals surface area contributed by atoms with Crippen LogP contribution in [0.15, 0.2) is 0 Å². The average Bonchev–Trinajstić information content (AvgIpc) is 3.03. The Morgan fingerprint density at radius 1 is 1.00 bits per heavy atom. The van der Waals surface area contributed by atoms with Crippen molar-refractivity contribution in [3.05, 3.63) is 0 Å². The van der Waals surface area contributed by atoms with Gasteiger partial charge in [-0.25, -0.2) is 0 Å². The van der Waals surface area contributed by atoms with Gasteiger partial charge in [-0.05, 0) is 67.0 Å². The topological polar surface area (TPSA) is 169 Å². The molecule has 0 unspecified atom stereocenters. The number of nitrogens with zero attached hydrogens (tertiary/aromatic N) is 2. The lowest BCUT2D eigenvalue weighted by Crippen LogP contribution is -2.60. The summed E-state index contributed by atoms with van der Waals surface area (Å²) >= 11 is 0. The molecule has 3 saturated heterocycles. The number of carbonyl (C=O) groups excluding carboxylic acids is 2.